The lowest BCUT2D eigenvalue weighted by atomic mass is 10.1. The number of hydrazine groups is 1. The van der Waals surface area contributed by atoms with Gasteiger partial charge >= 0.3 is 6.18 Å². The van der Waals surface area contributed by atoms with Crippen LogP contribution in [0, 0.1) is 0 Å². The molecule has 0 bridgehead atoms. The summed E-state index contributed by atoms with van der Waals surface area (Å²) in [7, 11) is 1.46. The number of fused-ring (bicyclic) bond motifs is 1. The summed E-state index contributed by atoms with van der Waals surface area (Å²) in [6.45, 7) is 0.237. The summed E-state index contributed by atoms with van der Waals surface area (Å²) in [6.07, 6.45) is -3.90. The number of alkyl halides is 3. The number of benzene rings is 1. The first-order chi connectivity index (χ1) is 10.8. The zero-order valence-corrected chi connectivity index (χ0v) is 12.9. The molecule has 1 aromatic carbocycles. The molecule has 1 aliphatic heterocycles. The monoisotopic (exact) mass is 345 g/mol. The van der Waals surface area contributed by atoms with Crippen LogP contribution in [-0.2, 0) is 4.74 Å². The Bertz CT molecular complexity index is 713. The van der Waals surface area contributed by atoms with Gasteiger partial charge in [-0.3, -0.25) is 5.43 Å². The van der Waals surface area contributed by atoms with E-state index in [1.807, 2.05) is 0 Å². The lowest BCUT2D eigenvalue weighted by molar-refractivity contribution is -0.238. The summed E-state index contributed by atoms with van der Waals surface area (Å²) in [6, 6.07) is 7.00. The smallest absolute Gasteiger partial charge is 0.384 e. The zero-order chi connectivity index (χ0) is 16.7. The molecule has 2 N–H and O–H groups in total. The highest BCUT2D eigenvalue weighted by molar-refractivity contribution is 7.22. The van der Waals surface area contributed by atoms with Crippen LogP contribution in [0.1, 0.15) is 6.42 Å². The molecule has 0 unspecified atom stereocenters. The minimum absolute atomic E-state index is 0.0368. The largest absolute Gasteiger partial charge is 0.442 e. The third kappa shape index (κ3) is 2.75. The van der Waals surface area contributed by atoms with E-state index in [4.69, 9.17) is 4.74 Å². The number of rotatable bonds is 4. The van der Waals surface area contributed by atoms with Crippen molar-refractivity contribution in [3.63, 3.8) is 0 Å². The average Bonchev–Trinajstić information content (AvgIpc) is 3.05. The molecule has 0 radical (unpaired) electrons. The van der Waals surface area contributed by atoms with E-state index in [9.17, 15) is 18.3 Å². The van der Waals surface area contributed by atoms with Crippen molar-refractivity contribution in [2.45, 2.75) is 18.3 Å². The van der Waals surface area contributed by atoms with Crippen molar-refractivity contribution in [2.24, 2.45) is 0 Å². The third-order valence-corrected chi connectivity index (χ3v) is 4.46. The lowest BCUT2D eigenvalue weighted by Gasteiger charge is -2.33. The molecule has 1 atom stereocenters. The van der Waals surface area contributed by atoms with Crippen molar-refractivity contribution in [1.29, 1.82) is 0 Å². The van der Waals surface area contributed by atoms with E-state index in [2.05, 4.69) is 10.4 Å². The molecule has 0 fully saturated rings. The van der Waals surface area contributed by atoms with Crippen molar-refractivity contribution in [1.82, 2.24) is 10.4 Å². The number of ether oxygens (including phenoxy) is 1. The Labute approximate surface area is 134 Å². The summed E-state index contributed by atoms with van der Waals surface area (Å²) in [5, 5.41) is 10.9. The van der Waals surface area contributed by atoms with E-state index in [-0.39, 0.29) is 23.9 Å². The van der Waals surface area contributed by atoms with Gasteiger partial charge in [0.2, 0.25) is 5.13 Å². The first kappa shape index (κ1) is 16.0. The molecule has 0 saturated carbocycles. The van der Waals surface area contributed by atoms with Crippen molar-refractivity contribution in [2.75, 3.05) is 18.7 Å². The van der Waals surface area contributed by atoms with Gasteiger partial charge < -0.3 is 9.84 Å². The lowest BCUT2D eigenvalue weighted by Crippen LogP contribution is -2.58. The fourth-order valence-electron chi connectivity index (χ4n) is 2.27. The van der Waals surface area contributed by atoms with Crippen LogP contribution in [0.5, 0.6) is 0 Å². The zero-order valence-electron chi connectivity index (χ0n) is 12.1. The Balaban J connectivity index is 1.99. The highest BCUT2D eigenvalue weighted by Gasteiger charge is 2.60. The molecule has 5 nitrogen and oxygen atoms in total. The Kier molecular flexibility index (Phi) is 3.95. The van der Waals surface area contributed by atoms with E-state index < -0.39 is 11.9 Å². The molecule has 3 rings (SSSR count). The number of aromatic nitrogens is 1. The van der Waals surface area contributed by atoms with Crippen LogP contribution in [-0.4, -0.2) is 35.7 Å². The second kappa shape index (κ2) is 5.66. The quantitative estimate of drug-likeness (QED) is 0.892. The summed E-state index contributed by atoms with van der Waals surface area (Å²) < 4.78 is 45.8. The Morgan fingerprint density at radius 3 is 2.78 bits per heavy atom. The molecule has 0 spiro atoms. The molecular weight excluding hydrogens is 331 g/mol. The predicted octanol–water partition coefficient (Wildman–Crippen LogP) is 2.79. The number of anilines is 1. The van der Waals surface area contributed by atoms with Gasteiger partial charge in [-0.25, -0.2) is 9.99 Å². The maximum Gasteiger partial charge on any atom is 0.442 e. The van der Waals surface area contributed by atoms with Crippen molar-refractivity contribution < 1.29 is 23.0 Å². The SMILES string of the molecule is COCCC1=C[C@](O)(C(F)(F)F)N(c2nc3ccccc3s2)N1. The maximum atomic E-state index is 13.4. The minimum atomic E-state index is -4.88. The van der Waals surface area contributed by atoms with Crippen LogP contribution in [0.25, 0.3) is 10.2 Å². The molecule has 23 heavy (non-hydrogen) atoms. The van der Waals surface area contributed by atoms with Crippen LogP contribution < -0.4 is 10.4 Å². The molecule has 1 aliphatic rings. The van der Waals surface area contributed by atoms with E-state index in [0.29, 0.717) is 10.5 Å². The van der Waals surface area contributed by atoms with Crippen LogP contribution in [0.2, 0.25) is 0 Å². The standard InChI is InChI=1S/C14H14F3N3O2S/c1-22-7-6-9-8-13(21,14(15,16)17)20(19-9)12-18-10-4-2-3-5-11(10)23-12/h2-5,8,19,21H,6-7H2,1H3/t13-/m0/s1. The second-order valence-corrected chi connectivity index (χ2v) is 6.06. The molecule has 0 aliphatic carbocycles. The van der Waals surface area contributed by atoms with E-state index >= 15 is 0 Å². The first-order valence-electron chi connectivity index (χ1n) is 6.77. The van der Waals surface area contributed by atoms with Gasteiger partial charge in [0.1, 0.15) is 0 Å². The van der Waals surface area contributed by atoms with Gasteiger partial charge in [0.15, 0.2) is 0 Å². The number of nitrogens with zero attached hydrogens (tertiary/aromatic N) is 2. The molecular formula is C14H14F3N3O2S. The van der Waals surface area contributed by atoms with Gasteiger partial charge in [-0.2, -0.15) is 13.2 Å². The fourth-order valence-corrected chi connectivity index (χ4v) is 3.25. The van der Waals surface area contributed by atoms with Crippen LogP contribution in [0.4, 0.5) is 18.3 Å². The number of thiazole rings is 1. The van der Waals surface area contributed by atoms with Gasteiger partial charge in [0, 0.05) is 19.2 Å². The summed E-state index contributed by atoms with van der Waals surface area (Å²) in [5.74, 6) is 0. The highest BCUT2D eigenvalue weighted by Crippen LogP contribution is 2.42. The van der Waals surface area contributed by atoms with Gasteiger partial charge in [-0.1, -0.05) is 23.5 Å². The third-order valence-electron chi connectivity index (χ3n) is 3.44. The number of methoxy groups -OCH3 is 1. The molecule has 124 valence electrons. The number of aliphatic hydroxyl groups is 1. The Morgan fingerprint density at radius 1 is 1.39 bits per heavy atom. The van der Waals surface area contributed by atoms with E-state index in [1.165, 1.54) is 7.11 Å². The molecule has 0 saturated heterocycles. The predicted molar refractivity (Wildman–Crippen MR) is 80.8 cm³/mol. The molecule has 9 heteroatoms. The fraction of sp³-hybridized carbons (Fsp3) is 0.357. The number of para-hydroxylation sites is 1. The first-order valence-corrected chi connectivity index (χ1v) is 7.59. The van der Waals surface area contributed by atoms with E-state index in [1.54, 1.807) is 24.3 Å². The van der Waals surface area contributed by atoms with Gasteiger partial charge in [0.25, 0.3) is 5.72 Å². The second-order valence-electron chi connectivity index (χ2n) is 5.05. The summed E-state index contributed by atoms with van der Waals surface area (Å²) in [5.41, 5.74) is 0.245. The summed E-state index contributed by atoms with van der Waals surface area (Å²) >= 11 is 1.07. The number of hydrogen-bond donors (Lipinski definition) is 2. The normalized spacial score (nSPS) is 21.6. The molecule has 1 aromatic heterocycles. The molecule has 2 heterocycles. The Morgan fingerprint density at radius 2 is 2.13 bits per heavy atom. The van der Waals surface area contributed by atoms with Crippen molar-refractivity contribution in [3.8, 4) is 0 Å². The average molecular weight is 345 g/mol. The Hall–Kier alpha value is -1.84. The van der Waals surface area contributed by atoms with Crippen LogP contribution >= 0.6 is 11.3 Å². The summed E-state index contributed by atoms with van der Waals surface area (Å²) in [4.78, 5) is 4.18. The highest BCUT2D eigenvalue weighted by atomic mass is 32.1. The van der Waals surface area contributed by atoms with Crippen molar-refractivity contribution >= 4 is 26.7 Å². The van der Waals surface area contributed by atoms with E-state index in [0.717, 1.165) is 22.1 Å². The van der Waals surface area contributed by atoms with Gasteiger partial charge in [0.05, 0.1) is 16.8 Å². The van der Waals surface area contributed by atoms with Gasteiger partial charge in [-0.15, -0.1) is 0 Å². The molecule has 2 aromatic rings. The number of nitrogens with one attached hydrogen (secondary N) is 1. The van der Waals surface area contributed by atoms with Crippen molar-refractivity contribution in [3.05, 3.63) is 36.0 Å². The van der Waals surface area contributed by atoms with Crippen LogP contribution in [0.3, 0.4) is 0 Å². The number of halogens is 3. The maximum absolute atomic E-state index is 13.4. The van der Waals surface area contributed by atoms with Crippen LogP contribution in [0.15, 0.2) is 36.0 Å². The topological polar surface area (TPSA) is 57.6 Å². The number of hydrogen-bond acceptors (Lipinski definition) is 6. The van der Waals surface area contributed by atoms with Gasteiger partial charge in [-0.05, 0) is 18.2 Å². The minimum Gasteiger partial charge on any atom is -0.384 e. The molecule has 0 amide bonds.